The van der Waals surface area contributed by atoms with Crippen LogP contribution in [0.4, 0.5) is 0 Å². The Labute approximate surface area is 554 Å². The van der Waals surface area contributed by atoms with Crippen LogP contribution in [0.1, 0.15) is 284 Å². The van der Waals surface area contributed by atoms with Crippen molar-refractivity contribution in [2.24, 2.45) is 0 Å². The van der Waals surface area contributed by atoms with Gasteiger partial charge in [-0.1, -0.05) is 307 Å². The van der Waals surface area contributed by atoms with E-state index >= 15 is 0 Å². The van der Waals surface area contributed by atoms with Crippen molar-refractivity contribution in [3.63, 3.8) is 0 Å². The maximum atomic E-state index is 12.9. The van der Waals surface area contributed by atoms with Crippen LogP contribution in [0, 0.1) is 0 Å². The van der Waals surface area contributed by atoms with Gasteiger partial charge >= 0.3 is 19.8 Å². The Morgan fingerprint density at radius 3 is 0.889 bits per heavy atom. The molecule has 0 aliphatic carbocycles. The number of likely N-dealkylation sites (N-methyl/N-ethyl adjacent to an activating group) is 1. The van der Waals surface area contributed by atoms with Crippen LogP contribution in [-0.2, 0) is 32.7 Å². The Hall–Kier alpha value is -4.37. The minimum Gasteiger partial charge on any atom is -0.462 e. The minimum absolute atomic E-state index is 0.0227. The number of carbonyl (C=O) groups is 2. The van der Waals surface area contributed by atoms with Crippen LogP contribution in [0.25, 0.3) is 0 Å². The molecule has 9 nitrogen and oxygen atoms in total. The van der Waals surface area contributed by atoms with Gasteiger partial charge in [-0.2, -0.15) is 0 Å². The number of esters is 2. The summed E-state index contributed by atoms with van der Waals surface area (Å²) in [6.07, 6.45) is 103. The third kappa shape index (κ3) is 72.7. The van der Waals surface area contributed by atoms with Crippen LogP contribution < -0.4 is 0 Å². The molecule has 10 heteroatoms. The summed E-state index contributed by atoms with van der Waals surface area (Å²) in [4.78, 5) is 35.9. The second-order valence-electron chi connectivity index (χ2n) is 24.9. The Morgan fingerprint density at radius 2 is 0.600 bits per heavy atom. The molecular formula is C80H135NO8P+. The van der Waals surface area contributed by atoms with Crippen LogP contribution in [0.3, 0.4) is 0 Å². The summed E-state index contributed by atoms with van der Waals surface area (Å²) < 4.78 is 34.7. The molecule has 512 valence electrons. The number of quaternary nitrogens is 1. The van der Waals surface area contributed by atoms with Gasteiger partial charge in [-0.15, -0.1) is 0 Å². The zero-order valence-electron chi connectivity index (χ0n) is 58.3. The van der Waals surface area contributed by atoms with E-state index in [0.29, 0.717) is 17.4 Å². The summed E-state index contributed by atoms with van der Waals surface area (Å²) in [5.41, 5.74) is 0. The van der Waals surface area contributed by atoms with Gasteiger partial charge < -0.3 is 18.9 Å². The summed E-state index contributed by atoms with van der Waals surface area (Å²) in [7, 11) is 1.46. The molecule has 0 heterocycles. The first kappa shape index (κ1) is 85.6. The standard InChI is InChI=1S/C80H134NO8P/c1-6-8-10-12-14-16-18-20-22-24-26-28-30-32-34-36-37-38-39-40-41-42-43-45-46-48-50-52-54-56-58-60-62-64-66-68-70-72-79(82)86-76-78(77-88-90(84,85)87-75-74-81(3,4)5)89-80(83)73-71-69-67-65-63-61-59-57-55-53-51-49-47-44-35-33-31-29-27-25-23-21-19-17-15-13-11-9-7-2/h8-11,14-17,20-23,26-29,32-35,37-38,47,49,53,55,78H,6-7,12-13,18-19,24-25,30-31,36,39-46,48,50-52,54,56-77H2,1-5H3/p+1/b10-8-,11-9-,16-14-,17-15-,22-20-,23-21-,28-26-,29-27-,34-32-,35-33-,38-37-,49-47-,55-53-. The number of phosphoric acid groups is 1. The Bertz CT molecular complexity index is 2080. The molecular weight excluding hydrogens is 1130 g/mol. The topological polar surface area (TPSA) is 108 Å². The minimum atomic E-state index is -4.41. The van der Waals surface area contributed by atoms with E-state index in [1.54, 1.807) is 0 Å². The highest BCUT2D eigenvalue weighted by Crippen LogP contribution is 2.43. The van der Waals surface area contributed by atoms with E-state index in [2.05, 4.69) is 172 Å². The van der Waals surface area contributed by atoms with Crippen molar-refractivity contribution in [1.82, 2.24) is 0 Å². The Morgan fingerprint density at radius 1 is 0.344 bits per heavy atom. The highest BCUT2D eigenvalue weighted by molar-refractivity contribution is 7.47. The zero-order valence-corrected chi connectivity index (χ0v) is 59.2. The maximum absolute atomic E-state index is 12.9. The van der Waals surface area contributed by atoms with Gasteiger partial charge in [-0.3, -0.25) is 18.6 Å². The summed E-state index contributed by atoms with van der Waals surface area (Å²) in [5.74, 6) is -0.812. The number of allylic oxidation sites excluding steroid dienone is 26. The third-order valence-corrected chi connectivity index (χ3v) is 16.0. The largest absolute Gasteiger partial charge is 0.472 e. The van der Waals surface area contributed by atoms with Crippen molar-refractivity contribution in [2.45, 2.75) is 290 Å². The molecule has 0 aliphatic heterocycles. The molecule has 0 rings (SSSR count). The first-order chi connectivity index (χ1) is 44.0. The average Bonchev–Trinajstić information content (AvgIpc) is 3.58. The first-order valence-electron chi connectivity index (χ1n) is 36.2. The third-order valence-electron chi connectivity index (χ3n) is 15.1. The van der Waals surface area contributed by atoms with Gasteiger partial charge in [0.2, 0.25) is 0 Å². The summed E-state index contributed by atoms with van der Waals surface area (Å²) in [6, 6.07) is 0. The number of rotatable bonds is 65. The fourth-order valence-corrected chi connectivity index (χ4v) is 10.3. The molecule has 0 aliphatic rings. The van der Waals surface area contributed by atoms with Crippen LogP contribution in [0.5, 0.6) is 0 Å². The molecule has 0 aromatic rings. The monoisotopic (exact) mass is 1270 g/mol. The van der Waals surface area contributed by atoms with Crippen LogP contribution in [-0.4, -0.2) is 74.9 Å². The van der Waals surface area contributed by atoms with Crippen molar-refractivity contribution in [3.8, 4) is 0 Å². The van der Waals surface area contributed by atoms with E-state index in [1.165, 1.54) is 122 Å². The Balaban J connectivity index is 4.07. The predicted molar refractivity (Wildman–Crippen MR) is 390 cm³/mol. The van der Waals surface area contributed by atoms with Crippen LogP contribution in [0.2, 0.25) is 0 Å². The molecule has 0 spiro atoms. The fourth-order valence-electron chi connectivity index (χ4n) is 9.59. The smallest absolute Gasteiger partial charge is 0.462 e. The molecule has 0 fully saturated rings. The quantitative estimate of drug-likeness (QED) is 0.0211. The lowest BCUT2D eigenvalue weighted by Gasteiger charge is -2.24. The normalized spacial score (nSPS) is 14.1. The van der Waals surface area contributed by atoms with Gasteiger partial charge in [0, 0.05) is 12.8 Å². The highest BCUT2D eigenvalue weighted by atomic mass is 31.2. The number of unbranched alkanes of at least 4 members (excludes halogenated alkanes) is 25. The van der Waals surface area contributed by atoms with E-state index in [0.717, 1.165) is 128 Å². The van der Waals surface area contributed by atoms with Crippen molar-refractivity contribution in [1.29, 1.82) is 0 Å². The molecule has 0 amide bonds. The molecule has 0 aromatic carbocycles. The number of ether oxygens (including phenoxy) is 2. The molecule has 1 N–H and O–H groups in total. The van der Waals surface area contributed by atoms with E-state index < -0.39 is 26.5 Å². The molecule has 0 aromatic heterocycles. The fraction of sp³-hybridized carbons (Fsp3) is 0.650. The second kappa shape index (κ2) is 69.0. The second-order valence-corrected chi connectivity index (χ2v) is 26.3. The van der Waals surface area contributed by atoms with Gasteiger partial charge in [0.1, 0.15) is 19.8 Å². The maximum Gasteiger partial charge on any atom is 0.472 e. The number of hydrogen-bond donors (Lipinski definition) is 1. The van der Waals surface area contributed by atoms with E-state index in [9.17, 15) is 19.0 Å². The van der Waals surface area contributed by atoms with Crippen LogP contribution in [0.15, 0.2) is 158 Å². The predicted octanol–water partition coefficient (Wildman–Crippen LogP) is 23.9. The van der Waals surface area contributed by atoms with Gasteiger partial charge in [-0.25, -0.2) is 4.57 Å². The molecule has 0 saturated carbocycles. The van der Waals surface area contributed by atoms with Crippen LogP contribution >= 0.6 is 7.82 Å². The van der Waals surface area contributed by atoms with Gasteiger partial charge in [0.05, 0.1) is 27.7 Å². The number of carbonyl (C=O) groups excluding carboxylic acids is 2. The van der Waals surface area contributed by atoms with Crippen molar-refractivity contribution in [3.05, 3.63) is 158 Å². The first-order valence-corrected chi connectivity index (χ1v) is 37.7. The summed E-state index contributed by atoms with van der Waals surface area (Å²) in [6.45, 7) is 4.20. The Kier molecular flexibility index (Phi) is 65.6. The summed E-state index contributed by atoms with van der Waals surface area (Å²) in [5, 5.41) is 0. The van der Waals surface area contributed by atoms with Gasteiger partial charge in [0.15, 0.2) is 6.10 Å². The SMILES string of the molecule is CC/C=C\C/C=C\C/C=C\C/C=C\C/C=C\C/C=C\C/C=C\CCCCCCCCCC(=O)OC(COC(=O)CCCCCCCCCCCCCCCCCCCC/C=C\C/C=C\C/C=C\C/C=C\C/C=C\C/C=C\CC)COP(=O)(O)OCC[N+](C)(C)C. The molecule has 0 radical (unpaired) electrons. The van der Waals surface area contributed by atoms with Crippen molar-refractivity contribution >= 4 is 19.8 Å². The van der Waals surface area contributed by atoms with Crippen molar-refractivity contribution < 1.29 is 42.1 Å². The van der Waals surface area contributed by atoms with E-state index in [-0.39, 0.29) is 32.0 Å². The highest BCUT2D eigenvalue weighted by Gasteiger charge is 2.27. The lowest BCUT2D eigenvalue weighted by Crippen LogP contribution is -2.37. The van der Waals surface area contributed by atoms with Crippen molar-refractivity contribution in [2.75, 3.05) is 47.5 Å². The lowest BCUT2D eigenvalue weighted by molar-refractivity contribution is -0.870. The zero-order chi connectivity index (χ0) is 65.5. The molecule has 2 unspecified atom stereocenters. The average molecular weight is 1270 g/mol. The summed E-state index contributed by atoms with van der Waals surface area (Å²) >= 11 is 0. The van der Waals surface area contributed by atoms with E-state index in [1.807, 2.05) is 21.1 Å². The van der Waals surface area contributed by atoms with E-state index in [4.69, 9.17) is 18.5 Å². The molecule has 0 saturated heterocycles. The lowest BCUT2D eigenvalue weighted by atomic mass is 10.0. The number of nitrogens with zero attached hydrogens (tertiary/aromatic N) is 1. The number of hydrogen-bond acceptors (Lipinski definition) is 7. The number of phosphoric ester groups is 1. The molecule has 90 heavy (non-hydrogen) atoms. The van der Waals surface area contributed by atoms with Gasteiger partial charge in [-0.05, 0) is 122 Å². The molecule has 0 bridgehead atoms. The molecule has 2 atom stereocenters. The van der Waals surface area contributed by atoms with Gasteiger partial charge in [0.25, 0.3) is 0 Å².